The van der Waals surface area contributed by atoms with Crippen molar-refractivity contribution in [2.75, 3.05) is 19.7 Å². The summed E-state index contributed by atoms with van der Waals surface area (Å²) in [6.45, 7) is 7.24. The third kappa shape index (κ3) is 2.97. The molecule has 1 heterocycles. The maximum atomic E-state index is 11.4. The smallest absolute Gasteiger partial charge is 0.248 e. The van der Waals surface area contributed by atoms with Gasteiger partial charge in [-0.05, 0) is 20.8 Å². The van der Waals surface area contributed by atoms with Gasteiger partial charge in [-0.25, -0.2) is 0 Å². The fourth-order valence-corrected chi connectivity index (χ4v) is 1.33. The molecule has 0 aromatic rings. The van der Waals surface area contributed by atoms with E-state index in [4.69, 9.17) is 10.5 Å². The summed E-state index contributed by atoms with van der Waals surface area (Å²) in [5.74, 6) is 0.0385. The van der Waals surface area contributed by atoms with Crippen LogP contribution in [-0.2, 0) is 9.53 Å². The van der Waals surface area contributed by atoms with Crippen LogP contribution in [0.15, 0.2) is 0 Å². The lowest BCUT2D eigenvalue weighted by molar-refractivity contribution is -0.144. The Labute approximate surface area is 79.0 Å². The Balaban J connectivity index is 2.20. The summed E-state index contributed by atoms with van der Waals surface area (Å²) in [7, 11) is 0. The number of likely N-dealkylation sites (tertiary alicyclic amines) is 1. The molecule has 0 bridgehead atoms. The van der Waals surface area contributed by atoms with E-state index in [1.54, 1.807) is 4.90 Å². The molecule has 0 aromatic carbocycles. The SMILES string of the molecule is CC(C)OCC(=O)N1CC(C)(N)C1. The van der Waals surface area contributed by atoms with Crippen molar-refractivity contribution in [1.82, 2.24) is 4.90 Å². The minimum absolute atomic E-state index is 0.0385. The van der Waals surface area contributed by atoms with Crippen LogP contribution in [0.1, 0.15) is 20.8 Å². The summed E-state index contributed by atoms with van der Waals surface area (Å²) in [4.78, 5) is 13.1. The van der Waals surface area contributed by atoms with Crippen molar-refractivity contribution >= 4 is 5.91 Å². The monoisotopic (exact) mass is 186 g/mol. The van der Waals surface area contributed by atoms with Crippen molar-refractivity contribution in [3.8, 4) is 0 Å². The topological polar surface area (TPSA) is 55.6 Å². The molecule has 4 heteroatoms. The molecule has 13 heavy (non-hydrogen) atoms. The fraction of sp³-hybridized carbons (Fsp3) is 0.889. The van der Waals surface area contributed by atoms with E-state index < -0.39 is 0 Å². The van der Waals surface area contributed by atoms with Crippen LogP contribution in [0.25, 0.3) is 0 Å². The van der Waals surface area contributed by atoms with Gasteiger partial charge in [0.2, 0.25) is 5.91 Å². The van der Waals surface area contributed by atoms with Gasteiger partial charge in [0.1, 0.15) is 6.61 Å². The Kier molecular flexibility index (Phi) is 2.93. The van der Waals surface area contributed by atoms with Crippen LogP contribution in [0, 0.1) is 0 Å². The molecule has 1 saturated heterocycles. The van der Waals surface area contributed by atoms with E-state index in [1.807, 2.05) is 20.8 Å². The largest absolute Gasteiger partial charge is 0.369 e. The van der Waals surface area contributed by atoms with E-state index in [-0.39, 0.29) is 24.2 Å². The molecule has 4 nitrogen and oxygen atoms in total. The van der Waals surface area contributed by atoms with E-state index in [9.17, 15) is 4.79 Å². The summed E-state index contributed by atoms with van der Waals surface area (Å²) in [6, 6.07) is 0. The van der Waals surface area contributed by atoms with Crippen molar-refractivity contribution in [2.24, 2.45) is 5.73 Å². The van der Waals surface area contributed by atoms with Crippen molar-refractivity contribution in [1.29, 1.82) is 0 Å². The minimum Gasteiger partial charge on any atom is -0.369 e. The normalized spacial score (nSPS) is 20.2. The Bertz CT molecular complexity index is 194. The Morgan fingerprint density at radius 3 is 2.54 bits per heavy atom. The van der Waals surface area contributed by atoms with Gasteiger partial charge >= 0.3 is 0 Å². The maximum absolute atomic E-state index is 11.4. The number of nitrogens with zero attached hydrogens (tertiary/aromatic N) is 1. The second-order valence-electron chi connectivity index (χ2n) is 4.26. The van der Waals surface area contributed by atoms with Crippen molar-refractivity contribution in [3.05, 3.63) is 0 Å². The molecule has 1 aliphatic rings. The van der Waals surface area contributed by atoms with E-state index >= 15 is 0 Å². The van der Waals surface area contributed by atoms with Crippen LogP contribution in [0.3, 0.4) is 0 Å². The third-order valence-corrected chi connectivity index (χ3v) is 2.00. The zero-order valence-electron chi connectivity index (χ0n) is 8.54. The van der Waals surface area contributed by atoms with E-state index in [2.05, 4.69) is 0 Å². The van der Waals surface area contributed by atoms with Crippen LogP contribution in [0.4, 0.5) is 0 Å². The number of hydrogen-bond donors (Lipinski definition) is 1. The Morgan fingerprint density at radius 2 is 2.15 bits per heavy atom. The summed E-state index contributed by atoms with van der Waals surface area (Å²) in [5, 5.41) is 0. The van der Waals surface area contributed by atoms with E-state index in [1.165, 1.54) is 0 Å². The van der Waals surface area contributed by atoms with Gasteiger partial charge in [-0.3, -0.25) is 4.79 Å². The number of carbonyl (C=O) groups is 1. The molecule has 1 rings (SSSR count). The first kappa shape index (κ1) is 10.5. The Hall–Kier alpha value is -0.610. The lowest BCUT2D eigenvalue weighted by atomic mass is 9.94. The number of hydrogen-bond acceptors (Lipinski definition) is 3. The predicted molar refractivity (Wildman–Crippen MR) is 50.3 cm³/mol. The van der Waals surface area contributed by atoms with Crippen molar-refractivity contribution in [2.45, 2.75) is 32.4 Å². The van der Waals surface area contributed by atoms with Gasteiger partial charge in [-0.2, -0.15) is 0 Å². The molecule has 0 radical (unpaired) electrons. The van der Waals surface area contributed by atoms with Crippen LogP contribution in [0.2, 0.25) is 0 Å². The summed E-state index contributed by atoms with van der Waals surface area (Å²) in [6.07, 6.45) is 0.106. The number of rotatable bonds is 3. The number of carbonyl (C=O) groups excluding carboxylic acids is 1. The van der Waals surface area contributed by atoms with Crippen molar-refractivity contribution < 1.29 is 9.53 Å². The fourth-order valence-electron chi connectivity index (χ4n) is 1.33. The lowest BCUT2D eigenvalue weighted by Crippen LogP contribution is -2.67. The molecular weight excluding hydrogens is 168 g/mol. The highest BCUT2D eigenvalue weighted by Crippen LogP contribution is 2.16. The molecule has 2 N–H and O–H groups in total. The summed E-state index contributed by atoms with van der Waals surface area (Å²) in [5.41, 5.74) is 5.58. The van der Waals surface area contributed by atoms with Gasteiger partial charge in [0, 0.05) is 18.6 Å². The first-order valence-electron chi connectivity index (χ1n) is 4.59. The van der Waals surface area contributed by atoms with Crippen LogP contribution < -0.4 is 5.73 Å². The molecule has 76 valence electrons. The van der Waals surface area contributed by atoms with Gasteiger partial charge in [-0.1, -0.05) is 0 Å². The highest BCUT2D eigenvalue weighted by molar-refractivity contribution is 5.78. The second-order valence-corrected chi connectivity index (χ2v) is 4.26. The van der Waals surface area contributed by atoms with Gasteiger partial charge in [0.25, 0.3) is 0 Å². The molecule has 0 atom stereocenters. The maximum Gasteiger partial charge on any atom is 0.248 e. The first-order valence-corrected chi connectivity index (χ1v) is 4.59. The second kappa shape index (κ2) is 3.64. The number of amides is 1. The quantitative estimate of drug-likeness (QED) is 0.673. The summed E-state index contributed by atoms with van der Waals surface area (Å²) >= 11 is 0. The first-order chi connectivity index (χ1) is 5.91. The average Bonchev–Trinajstić information content (AvgIpc) is 1.95. The summed E-state index contributed by atoms with van der Waals surface area (Å²) < 4.78 is 5.20. The van der Waals surface area contributed by atoms with Gasteiger partial charge in [0.05, 0.1) is 6.10 Å². The number of ether oxygens (including phenoxy) is 1. The molecule has 0 unspecified atom stereocenters. The average molecular weight is 186 g/mol. The highest BCUT2D eigenvalue weighted by Gasteiger charge is 2.37. The zero-order valence-corrected chi connectivity index (χ0v) is 8.54. The van der Waals surface area contributed by atoms with Crippen LogP contribution in [0.5, 0.6) is 0 Å². The molecule has 0 spiro atoms. The molecule has 1 fully saturated rings. The van der Waals surface area contributed by atoms with Gasteiger partial charge < -0.3 is 15.4 Å². The molecule has 0 aromatic heterocycles. The third-order valence-electron chi connectivity index (χ3n) is 2.00. The molecule has 1 aliphatic heterocycles. The standard InChI is InChI=1S/C9H18N2O2/c1-7(2)13-4-8(12)11-5-9(3,10)6-11/h7H,4-6,10H2,1-3H3. The van der Waals surface area contributed by atoms with Crippen molar-refractivity contribution in [3.63, 3.8) is 0 Å². The van der Waals surface area contributed by atoms with E-state index in [0.29, 0.717) is 13.1 Å². The predicted octanol–water partition coefficient (Wildman–Crippen LogP) is -0.0290. The van der Waals surface area contributed by atoms with Crippen LogP contribution in [-0.4, -0.2) is 42.1 Å². The number of nitrogens with two attached hydrogens (primary N) is 1. The Morgan fingerprint density at radius 1 is 1.62 bits per heavy atom. The molecule has 0 aliphatic carbocycles. The molecular formula is C9H18N2O2. The van der Waals surface area contributed by atoms with E-state index in [0.717, 1.165) is 0 Å². The minimum atomic E-state index is -0.187. The molecule has 0 saturated carbocycles. The van der Waals surface area contributed by atoms with Gasteiger partial charge in [0.15, 0.2) is 0 Å². The zero-order chi connectivity index (χ0) is 10.1. The van der Waals surface area contributed by atoms with Gasteiger partial charge in [-0.15, -0.1) is 0 Å². The highest BCUT2D eigenvalue weighted by atomic mass is 16.5. The lowest BCUT2D eigenvalue weighted by Gasteiger charge is -2.45. The van der Waals surface area contributed by atoms with Crippen LogP contribution >= 0.6 is 0 Å². The molecule has 1 amide bonds.